The van der Waals surface area contributed by atoms with Gasteiger partial charge >= 0.3 is 0 Å². The normalized spacial score (nSPS) is 10.7. The van der Waals surface area contributed by atoms with Crippen LogP contribution in [0, 0.1) is 0 Å². The van der Waals surface area contributed by atoms with Crippen LogP contribution in [0.3, 0.4) is 0 Å². The number of aliphatic hydroxyl groups excluding tert-OH is 1. The van der Waals surface area contributed by atoms with Crippen molar-refractivity contribution in [3.05, 3.63) is 33.8 Å². The van der Waals surface area contributed by atoms with Crippen LogP contribution in [-0.4, -0.2) is 36.1 Å². The maximum absolute atomic E-state index is 11.3. The highest BCUT2D eigenvalue weighted by Gasteiger charge is 2.08. The van der Waals surface area contributed by atoms with Gasteiger partial charge in [-0.15, -0.1) is 0 Å². The molecule has 6 heteroatoms. The monoisotopic (exact) mass is 315 g/mol. The molecule has 0 aliphatic rings. The summed E-state index contributed by atoms with van der Waals surface area (Å²) in [4.78, 5) is 13.5. The van der Waals surface area contributed by atoms with Crippen LogP contribution < -0.4 is 11.3 Å². The lowest BCUT2D eigenvalue weighted by Crippen LogP contribution is -2.30. The Labute approximate surface area is 115 Å². The van der Waals surface area contributed by atoms with Crippen molar-refractivity contribution in [1.29, 1.82) is 0 Å². The zero-order valence-corrected chi connectivity index (χ0v) is 11.9. The number of amides is 1. The molecule has 0 radical (unpaired) electrons. The van der Waals surface area contributed by atoms with Crippen LogP contribution in [0.4, 0.5) is 0 Å². The molecule has 1 amide bonds. The van der Waals surface area contributed by atoms with Crippen molar-refractivity contribution in [2.45, 2.75) is 13.0 Å². The molecule has 0 saturated carbocycles. The molecule has 0 saturated heterocycles. The summed E-state index contributed by atoms with van der Waals surface area (Å²) >= 11 is 3.44. The molecule has 4 N–H and O–H groups in total. The highest BCUT2D eigenvalue weighted by molar-refractivity contribution is 9.10. The van der Waals surface area contributed by atoms with Gasteiger partial charge in [0.05, 0.1) is 0 Å². The summed E-state index contributed by atoms with van der Waals surface area (Å²) in [7, 11) is 1.99. The number of hydrogen-bond donors (Lipinski definition) is 3. The van der Waals surface area contributed by atoms with E-state index in [0.717, 1.165) is 29.5 Å². The lowest BCUT2D eigenvalue weighted by Gasteiger charge is -2.17. The first kappa shape index (κ1) is 15.1. The molecule has 0 unspecified atom stereocenters. The van der Waals surface area contributed by atoms with E-state index in [0.29, 0.717) is 5.56 Å². The number of hydrogen-bond acceptors (Lipinski definition) is 4. The topological polar surface area (TPSA) is 78.6 Å². The summed E-state index contributed by atoms with van der Waals surface area (Å²) in [6.45, 7) is 1.78. The second kappa shape index (κ2) is 7.48. The summed E-state index contributed by atoms with van der Waals surface area (Å²) in [6.07, 6.45) is 0.752. The average molecular weight is 316 g/mol. The minimum atomic E-state index is -0.309. The number of hydrazine groups is 1. The Morgan fingerprint density at radius 1 is 1.56 bits per heavy atom. The van der Waals surface area contributed by atoms with Crippen molar-refractivity contribution in [3.63, 3.8) is 0 Å². The number of aliphatic hydroxyl groups is 1. The Hall–Kier alpha value is -0.950. The van der Waals surface area contributed by atoms with Crippen LogP contribution in [0.2, 0.25) is 0 Å². The van der Waals surface area contributed by atoms with Crippen molar-refractivity contribution < 1.29 is 9.90 Å². The van der Waals surface area contributed by atoms with Crippen molar-refractivity contribution in [1.82, 2.24) is 10.3 Å². The van der Waals surface area contributed by atoms with Crippen LogP contribution in [0.5, 0.6) is 0 Å². The summed E-state index contributed by atoms with van der Waals surface area (Å²) in [5.74, 6) is 4.77. The van der Waals surface area contributed by atoms with Crippen LogP contribution in [0.1, 0.15) is 22.3 Å². The number of rotatable bonds is 6. The first-order valence-corrected chi connectivity index (χ1v) is 6.46. The van der Waals surface area contributed by atoms with E-state index in [-0.39, 0.29) is 12.5 Å². The van der Waals surface area contributed by atoms with Gasteiger partial charge in [-0.25, -0.2) is 5.84 Å². The van der Waals surface area contributed by atoms with Crippen LogP contribution >= 0.6 is 15.9 Å². The Morgan fingerprint density at radius 3 is 2.83 bits per heavy atom. The molecule has 100 valence electrons. The molecule has 1 aromatic rings. The zero-order chi connectivity index (χ0) is 13.5. The van der Waals surface area contributed by atoms with Gasteiger partial charge in [0.2, 0.25) is 0 Å². The molecule has 1 aromatic carbocycles. The number of carbonyl (C=O) groups is 1. The predicted molar refractivity (Wildman–Crippen MR) is 73.8 cm³/mol. The minimum Gasteiger partial charge on any atom is -0.396 e. The Morgan fingerprint density at radius 2 is 2.28 bits per heavy atom. The number of nitrogens with zero attached hydrogens (tertiary/aromatic N) is 1. The van der Waals surface area contributed by atoms with Crippen molar-refractivity contribution in [2.75, 3.05) is 20.2 Å². The molecular weight excluding hydrogens is 298 g/mol. The van der Waals surface area contributed by atoms with Crippen molar-refractivity contribution in [2.24, 2.45) is 5.84 Å². The third-order valence-corrected chi connectivity index (χ3v) is 3.32. The Bertz CT molecular complexity index is 412. The molecule has 0 aliphatic heterocycles. The molecule has 0 fully saturated rings. The first-order valence-electron chi connectivity index (χ1n) is 5.67. The number of halogens is 1. The van der Waals surface area contributed by atoms with E-state index in [1.807, 2.05) is 13.1 Å². The van der Waals surface area contributed by atoms with E-state index in [1.54, 1.807) is 12.1 Å². The first-order chi connectivity index (χ1) is 8.58. The second-order valence-electron chi connectivity index (χ2n) is 4.09. The Balaban J connectivity index is 2.70. The quantitative estimate of drug-likeness (QED) is 0.413. The van der Waals surface area contributed by atoms with Gasteiger partial charge in [-0.05, 0) is 31.2 Å². The van der Waals surface area contributed by atoms with Crippen LogP contribution in [0.25, 0.3) is 0 Å². The summed E-state index contributed by atoms with van der Waals surface area (Å²) in [6, 6.07) is 5.38. The van der Waals surface area contributed by atoms with E-state index in [4.69, 9.17) is 10.9 Å². The second-order valence-corrected chi connectivity index (χ2v) is 4.95. The van der Waals surface area contributed by atoms with Gasteiger partial charge in [-0.3, -0.25) is 10.2 Å². The van der Waals surface area contributed by atoms with E-state index in [9.17, 15) is 4.79 Å². The SMILES string of the molecule is CN(CCCO)Cc1ccc(C(=O)NN)cc1Br. The highest BCUT2D eigenvalue weighted by atomic mass is 79.9. The predicted octanol–water partition coefficient (Wildman–Crippen LogP) is 0.867. The van der Waals surface area contributed by atoms with E-state index >= 15 is 0 Å². The lowest BCUT2D eigenvalue weighted by molar-refractivity contribution is 0.0953. The molecule has 0 heterocycles. The highest BCUT2D eigenvalue weighted by Crippen LogP contribution is 2.20. The molecule has 0 bridgehead atoms. The molecule has 1 rings (SSSR count). The van der Waals surface area contributed by atoms with Crippen LogP contribution in [0.15, 0.2) is 22.7 Å². The van der Waals surface area contributed by atoms with Gasteiger partial charge in [0, 0.05) is 29.7 Å². The fourth-order valence-electron chi connectivity index (χ4n) is 1.61. The number of carbonyl (C=O) groups excluding carboxylic acids is 1. The largest absolute Gasteiger partial charge is 0.396 e. The standard InChI is InChI=1S/C12H18BrN3O2/c1-16(5-2-6-17)8-10-4-3-9(7-11(10)13)12(18)15-14/h3-4,7,17H,2,5-6,8,14H2,1H3,(H,15,18). The number of nitrogens with one attached hydrogen (secondary N) is 1. The van der Waals surface area contributed by atoms with E-state index in [2.05, 4.69) is 26.3 Å². The molecule has 0 aromatic heterocycles. The molecule has 0 atom stereocenters. The van der Waals surface area contributed by atoms with Gasteiger partial charge in [-0.1, -0.05) is 22.0 Å². The molecule has 0 aliphatic carbocycles. The maximum atomic E-state index is 11.3. The lowest BCUT2D eigenvalue weighted by atomic mass is 10.1. The van der Waals surface area contributed by atoms with Gasteiger partial charge in [0.25, 0.3) is 5.91 Å². The maximum Gasteiger partial charge on any atom is 0.265 e. The zero-order valence-electron chi connectivity index (χ0n) is 10.3. The van der Waals surface area contributed by atoms with E-state index < -0.39 is 0 Å². The number of benzene rings is 1. The molecule has 0 spiro atoms. The Kier molecular flexibility index (Phi) is 6.28. The van der Waals surface area contributed by atoms with Crippen molar-refractivity contribution in [3.8, 4) is 0 Å². The van der Waals surface area contributed by atoms with E-state index in [1.165, 1.54) is 0 Å². The van der Waals surface area contributed by atoms with Gasteiger partial charge in [0.15, 0.2) is 0 Å². The van der Waals surface area contributed by atoms with Crippen LogP contribution in [-0.2, 0) is 6.54 Å². The van der Waals surface area contributed by atoms with Gasteiger partial charge in [0.1, 0.15) is 0 Å². The van der Waals surface area contributed by atoms with Gasteiger partial charge < -0.3 is 10.0 Å². The average Bonchev–Trinajstić information content (AvgIpc) is 2.37. The van der Waals surface area contributed by atoms with Crippen molar-refractivity contribution >= 4 is 21.8 Å². The third kappa shape index (κ3) is 4.38. The summed E-state index contributed by atoms with van der Waals surface area (Å²) in [5, 5.41) is 8.77. The number of nitrogens with two attached hydrogens (primary N) is 1. The molecular formula is C12H18BrN3O2. The number of nitrogen functional groups attached to an aromatic ring is 1. The summed E-state index contributed by atoms with van der Waals surface area (Å²) in [5.41, 5.74) is 3.71. The summed E-state index contributed by atoms with van der Waals surface area (Å²) < 4.78 is 0.874. The molecule has 18 heavy (non-hydrogen) atoms. The minimum absolute atomic E-state index is 0.196. The smallest absolute Gasteiger partial charge is 0.265 e. The molecule has 5 nitrogen and oxygen atoms in total. The fraction of sp³-hybridized carbons (Fsp3) is 0.417. The fourth-order valence-corrected chi connectivity index (χ4v) is 2.11. The third-order valence-electron chi connectivity index (χ3n) is 2.58. The van der Waals surface area contributed by atoms with Gasteiger partial charge in [-0.2, -0.15) is 0 Å².